The second kappa shape index (κ2) is 8.95. The average molecular weight is 415 g/mol. The molecule has 4 aromatic rings. The molecule has 1 amide bonds. The molecule has 0 saturated heterocycles. The maximum Gasteiger partial charge on any atom is 0.261 e. The normalized spacial score (nSPS) is 12.1. The number of para-hydroxylation sites is 1. The van der Waals surface area contributed by atoms with Crippen LogP contribution in [0.15, 0.2) is 72.3 Å². The number of aromatic nitrogens is 4. The largest absolute Gasteiger partial charge is 0.350 e. The Hall–Kier alpha value is -3.74. The van der Waals surface area contributed by atoms with Gasteiger partial charge >= 0.3 is 0 Å². The number of fused-ring (bicyclic) bond motifs is 1. The fourth-order valence-corrected chi connectivity index (χ4v) is 3.65. The van der Waals surface area contributed by atoms with Crippen molar-refractivity contribution in [2.75, 3.05) is 0 Å². The summed E-state index contributed by atoms with van der Waals surface area (Å²) in [6, 6.07) is 13.5. The van der Waals surface area contributed by atoms with Crippen LogP contribution in [0.1, 0.15) is 36.9 Å². The van der Waals surface area contributed by atoms with E-state index in [1.54, 1.807) is 29.5 Å². The highest BCUT2D eigenvalue weighted by Crippen LogP contribution is 2.16. The molecule has 0 aliphatic heterocycles. The third kappa shape index (κ3) is 4.55. The molecule has 0 fully saturated rings. The highest BCUT2D eigenvalue weighted by atomic mass is 16.1. The van der Waals surface area contributed by atoms with Gasteiger partial charge in [-0.25, -0.2) is 9.97 Å². The average Bonchev–Trinajstić information content (AvgIpc) is 3.31. The number of aryl methyl sites for hydroxylation is 2. The van der Waals surface area contributed by atoms with Gasteiger partial charge in [0.15, 0.2) is 0 Å². The first-order valence-corrected chi connectivity index (χ1v) is 10.4. The molecule has 0 aliphatic carbocycles. The van der Waals surface area contributed by atoms with E-state index in [-0.39, 0.29) is 17.5 Å². The van der Waals surface area contributed by atoms with Crippen molar-refractivity contribution in [1.29, 1.82) is 0 Å². The monoisotopic (exact) mass is 415 g/mol. The van der Waals surface area contributed by atoms with E-state index in [0.717, 1.165) is 22.3 Å². The van der Waals surface area contributed by atoms with Gasteiger partial charge in [-0.1, -0.05) is 24.3 Å². The molecular weight excluding hydrogens is 390 g/mol. The first kappa shape index (κ1) is 20.5. The van der Waals surface area contributed by atoms with Crippen molar-refractivity contribution in [3.8, 4) is 5.69 Å². The summed E-state index contributed by atoms with van der Waals surface area (Å²) in [5, 5.41) is 3.64. The molecular formula is C24H25N5O2. The van der Waals surface area contributed by atoms with Crippen LogP contribution in [0.3, 0.4) is 0 Å². The van der Waals surface area contributed by atoms with Crippen LogP contribution in [0.5, 0.6) is 0 Å². The SMILES string of the molecule is Cc1cccc2c(=O)n(CCCC(=O)N[C@@H](C)c3ccc(-n4ccnc4)cc3)cnc12. The van der Waals surface area contributed by atoms with E-state index in [9.17, 15) is 9.59 Å². The number of nitrogens with one attached hydrogen (secondary N) is 1. The summed E-state index contributed by atoms with van der Waals surface area (Å²) in [5.41, 5.74) is 3.69. The smallest absolute Gasteiger partial charge is 0.261 e. The van der Waals surface area contributed by atoms with Gasteiger partial charge < -0.3 is 9.88 Å². The highest BCUT2D eigenvalue weighted by molar-refractivity contribution is 5.80. The van der Waals surface area contributed by atoms with Crippen LogP contribution < -0.4 is 10.9 Å². The zero-order valence-corrected chi connectivity index (χ0v) is 17.7. The van der Waals surface area contributed by atoms with Gasteiger partial charge in [0.2, 0.25) is 5.91 Å². The topological polar surface area (TPSA) is 81.8 Å². The van der Waals surface area contributed by atoms with Gasteiger partial charge in [-0.15, -0.1) is 0 Å². The lowest BCUT2D eigenvalue weighted by Gasteiger charge is -2.15. The Labute approximate surface area is 180 Å². The molecule has 0 bridgehead atoms. The van der Waals surface area contributed by atoms with Crippen LogP contribution in [0, 0.1) is 6.92 Å². The third-order valence-electron chi connectivity index (χ3n) is 5.43. The molecule has 2 heterocycles. The number of nitrogens with zero attached hydrogens (tertiary/aromatic N) is 4. The van der Waals surface area contributed by atoms with E-state index in [0.29, 0.717) is 24.8 Å². The number of rotatable bonds is 7. The molecule has 0 unspecified atom stereocenters. The van der Waals surface area contributed by atoms with E-state index in [2.05, 4.69) is 15.3 Å². The second-order valence-electron chi connectivity index (χ2n) is 7.67. The predicted molar refractivity (Wildman–Crippen MR) is 120 cm³/mol. The van der Waals surface area contributed by atoms with Crippen LogP contribution in [-0.2, 0) is 11.3 Å². The Morgan fingerprint density at radius 3 is 2.68 bits per heavy atom. The molecule has 4 rings (SSSR count). The zero-order chi connectivity index (χ0) is 21.8. The van der Waals surface area contributed by atoms with Crippen LogP contribution >= 0.6 is 0 Å². The Morgan fingerprint density at radius 2 is 1.94 bits per heavy atom. The van der Waals surface area contributed by atoms with Gasteiger partial charge in [0, 0.05) is 31.0 Å². The lowest BCUT2D eigenvalue weighted by atomic mass is 10.1. The molecule has 7 heteroatoms. The summed E-state index contributed by atoms with van der Waals surface area (Å²) in [7, 11) is 0. The van der Waals surface area contributed by atoms with Gasteiger partial charge in [-0.2, -0.15) is 0 Å². The molecule has 0 aliphatic rings. The Kier molecular flexibility index (Phi) is 5.93. The minimum absolute atomic E-state index is 0.0381. The van der Waals surface area contributed by atoms with Gasteiger partial charge in [0.1, 0.15) is 0 Å². The van der Waals surface area contributed by atoms with Crippen LogP contribution in [-0.4, -0.2) is 25.0 Å². The Morgan fingerprint density at radius 1 is 1.13 bits per heavy atom. The van der Waals surface area contributed by atoms with Gasteiger partial charge in [0.25, 0.3) is 5.56 Å². The van der Waals surface area contributed by atoms with Gasteiger partial charge in [-0.3, -0.25) is 14.2 Å². The quantitative estimate of drug-likeness (QED) is 0.500. The number of hydrogen-bond acceptors (Lipinski definition) is 4. The van der Waals surface area contributed by atoms with E-state index in [1.165, 1.54) is 0 Å². The van der Waals surface area contributed by atoms with Crippen LogP contribution in [0.4, 0.5) is 0 Å². The van der Waals surface area contributed by atoms with Crippen molar-refractivity contribution in [3.05, 3.63) is 89.0 Å². The standard InChI is InChI=1S/C24H25N5O2/c1-17-5-3-6-21-23(17)26-16-29(24(21)31)13-4-7-22(30)27-18(2)19-8-10-20(11-9-19)28-14-12-25-15-28/h3,5-6,8-12,14-16,18H,4,7,13H2,1-2H3,(H,27,30)/t18-/m0/s1. The Bertz CT molecular complexity index is 1240. The fraction of sp³-hybridized carbons (Fsp3) is 0.250. The summed E-state index contributed by atoms with van der Waals surface area (Å²) in [6.07, 6.45) is 7.85. The van der Waals surface area contributed by atoms with Crippen LogP contribution in [0.2, 0.25) is 0 Å². The molecule has 2 aromatic heterocycles. The maximum atomic E-state index is 12.6. The minimum atomic E-state index is -0.0997. The van der Waals surface area contributed by atoms with Gasteiger partial charge in [0.05, 0.1) is 29.6 Å². The number of imidazole rings is 1. The van der Waals surface area contributed by atoms with Crippen molar-refractivity contribution >= 4 is 16.8 Å². The number of hydrogen-bond donors (Lipinski definition) is 1. The maximum absolute atomic E-state index is 12.6. The van der Waals surface area contributed by atoms with E-state index in [4.69, 9.17) is 0 Å². The summed E-state index contributed by atoms with van der Waals surface area (Å²) >= 11 is 0. The molecule has 31 heavy (non-hydrogen) atoms. The molecule has 1 N–H and O–H groups in total. The van der Waals surface area contributed by atoms with E-state index in [1.807, 2.05) is 61.0 Å². The molecule has 2 aromatic carbocycles. The third-order valence-corrected chi connectivity index (χ3v) is 5.43. The number of carbonyl (C=O) groups excluding carboxylic acids is 1. The van der Waals surface area contributed by atoms with Crippen LogP contribution in [0.25, 0.3) is 16.6 Å². The van der Waals surface area contributed by atoms with Crippen molar-refractivity contribution in [3.63, 3.8) is 0 Å². The van der Waals surface area contributed by atoms with Crippen molar-refractivity contribution in [1.82, 2.24) is 24.4 Å². The summed E-state index contributed by atoms with van der Waals surface area (Å²) in [4.78, 5) is 33.5. The number of amides is 1. The molecule has 1 atom stereocenters. The predicted octanol–water partition coefficient (Wildman–Crippen LogP) is 3.55. The van der Waals surface area contributed by atoms with E-state index >= 15 is 0 Å². The highest BCUT2D eigenvalue weighted by Gasteiger charge is 2.11. The van der Waals surface area contributed by atoms with Crippen molar-refractivity contribution in [2.24, 2.45) is 0 Å². The van der Waals surface area contributed by atoms with Gasteiger partial charge in [-0.05, 0) is 49.6 Å². The molecule has 0 spiro atoms. The second-order valence-corrected chi connectivity index (χ2v) is 7.67. The number of benzene rings is 2. The Balaban J connectivity index is 1.32. The molecule has 0 radical (unpaired) electrons. The lowest BCUT2D eigenvalue weighted by molar-refractivity contribution is -0.121. The first-order chi connectivity index (χ1) is 15.0. The minimum Gasteiger partial charge on any atom is -0.350 e. The molecule has 7 nitrogen and oxygen atoms in total. The van der Waals surface area contributed by atoms with Crippen molar-refractivity contribution < 1.29 is 4.79 Å². The van der Waals surface area contributed by atoms with Crippen molar-refractivity contribution in [2.45, 2.75) is 39.3 Å². The fourth-order valence-electron chi connectivity index (χ4n) is 3.65. The first-order valence-electron chi connectivity index (χ1n) is 10.4. The zero-order valence-electron chi connectivity index (χ0n) is 17.7. The number of carbonyl (C=O) groups is 1. The molecule has 158 valence electrons. The summed E-state index contributed by atoms with van der Waals surface area (Å²) in [5.74, 6) is -0.0381. The summed E-state index contributed by atoms with van der Waals surface area (Å²) < 4.78 is 3.51. The lowest BCUT2D eigenvalue weighted by Crippen LogP contribution is -2.27. The molecule has 0 saturated carbocycles. The van der Waals surface area contributed by atoms with E-state index < -0.39 is 0 Å². The summed E-state index contributed by atoms with van der Waals surface area (Å²) in [6.45, 7) is 4.36.